The van der Waals surface area contributed by atoms with Crippen LogP contribution in [0.15, 0.2) is 28.7 Å². The molecule has 1 aromatic heterocycles. The summed E-state index contributed by atoms with van der Waals surface area (Å²) in [6, 6.07) is 8.07. The van der Waals surface area contributed by atoms with Gasteiger partial charge in [0.25, 0.3) is 0 Å². The van der Waals surface area contributed by atoms with E-state index in [0.29, 0.717) is 5.92 Å². The Balaban J connectivity index is 1.74. The fraction of sp³-hybridized carbons (Fsp3) is 0.500. The van der Waals surface area contributed by atoms with Crippen molar-refractivity contribution < 1.29 is 4.42 Å². The molecule has 2 aromatic rings. The van der Waals surface area contributed by atoms with Gasteiger partial charge in [0.15, 0.2) is 11.5 Å². The van der Waals surface area contributed by atoms with Crippen LogP contribution in [0.25, 0.3) is 11.1 Å². The highest BCUT2D eigenvalue weighted by atomic mass is 16.3. The zero-order valence-electron chi connectivity index (χ0n) is 9.80. The average molecular weight is 228 g/mol. The second-order valence-corrected chi connectivity index (χ2v) is 5.26. The Hall–Kier alpha value is -1.35. The van der Waals surface area contributed by atoms with Gasteiger partial charge >= 0.3 is 0 Å². The van der Waals surface area contributed by atoms with E-state index >= 15 is 0 Å². The maximum Gasteiger partial charge on any atom is 0.200 e. The van der Waals surface area contributed by atoms with Gasteiger partial charge in [-0.25, -0.2) is 4.98 Å². The van der Waals surface area contributed by atoms with Crippen molar-refractivity contribution >= 4 is 11.1 Å². The topological polar surface area (TPSA) is 29.3 Å². The smallest absolute Gasteiger partial charge is 0.200 e. The van der Waals surface area contributed by atoms with Gasteiger partial charge < -0.3 is 9.32 Å². The Morgan fingerprint density at radius 2 is 2.00 bits per heavy atom. The number of hydrogen-bond donors (Lipinski definition) is 0. The van der Waals surface area contributed by atoms with Gasteiger partial charge in [-0.1, -0.05) is 12.1 Å². The van der Waals surface area contributed by atoms with Gasteiger partial charge in [0, 0.05) is 6.54 Å². The van der Waals surface area contributed by atoms with Crippen LogP contribution in [0.2, 0.25) is 0 Å². The van der Waals surface area contributed by atoms with Gasteiger partial charge in [0.05, 0.1) is 5.92 Å². The fourth-order valence-corrected chi connectivity index (χ4v) is 3.29. The van der Waals surface area contributed by atoms with Crippen molar-refractivity contribution in [2.24, 2.45) is 5.92 Å². The number of piperidine rings is 3. The molecule has 2 bridgehead atoms. The van der Waals surface area contributed by atoms with E-state index in [0.717, 1.165) is 29.5 Å². The summed E-state index contributed by atoms with van der Waals surface area (Å²) >= 11 is 0. The van der Waals surface area contributed by atoms with Crippen molar-refractivity contribution in [2.75, 3.05) is 19.6 Å². The van der Waals surface area contributed by atoms with Crippen LogP contribution in [0.4, 0.5) is 0 Å². The minimum Gasteiger partial charge on any atom is -0.440 e. The van der Waals surface area contributed by atoms with Gasteiger partial charge in [-0.2, -0.15) is 0 Å². The molecule has 5 rings (SSSR count). The standard InChI is InChI=1S/C14H16N2O/c1-2-4-13-12(3-1)15-14(17-13)11-9-16-7-5-10(11)6-8-16/h1-4,10-11H,5-9H2. The number of benzene rings is 1. The molecule has 3 saturated heterocycles. The second-order valence-electron chi connectivity index (χ2n) is 5.26. The third kappa shape index (κ3) is 1.49. The van der Waals surface area contributed by atoms with E-state index in [2.05, 4.69) is 9.88 Å². The van der Waals surface area contributed by atoms with Gasteiger partial charge in [-0.15, -0.1) is 0 Å². The number of oxazole rings is 1. The van der Waals surface area contributed by atoms with E-state index in [1.165, 1.54) is 25.9 Å². The molecule has 0 amide bonds. The summed E-state index contributed by atoms with van der Waals surface area (Å²) in [5.74, 6) is 2.26. The van der Waals surface area contributed by atoms with Crippen LogP contribution in [0, 0.1) is 5.92 Å². The van der Waals surface area contributed by atoms with Gasteiger partial charge in [-0.05, 0) is 44.0 Å². The zero-order chi connectivity index (χ0) is 11.2. The number of aromatic nitrogens is 1. The maximum atomic E-state index is 5.92. The normalized spacial score (nSPS) is 32.1. The molecule has 0 spiro atoms. The number of hydrogen-bond acceptors (Lipinski definition) is 3. The number of rotatable bonds is 1. The first-order valence-electron chi connectivity index (χ1n) is 6.48. The summed E-state index contributed by atoms with van der Waals surface area (Å²) in [6.07, 6.45) is 2.62. The second kappa shape index (κ2) is 3.57. The third-order valence-corrected chi connectivity index (χ3v) is 4.28. The van der Waals surface area contributed by atoms with Crippen molar-refractivity contribution in [1.29, 1.82) is 0 Å². The predicted molar refractivity (Wildman–Crippen MR) is 65.9 cm³/mol. The summed E-state index contributed by atoms with van der Waals surface area (Å²) in [6.45, 7) is 3.67. The van der Waals surface area contributed by atoms with E-state index in [1.54, 1.807) is 0 Å². The van der Waals surface area contributed by atoms with E-state index < -0.39 is 0 Å². The van der Waals surface area contributed by atoms with Crippen molar-refractivity contribution in [3.05, 3.63) is 30.2 Å². The maximum absolute atomic E-state index is 5.92. The fourth-order valence-electron chi connectivity index (χ4n) is 3.29. The predicted octanol–water partition coefficient (Wildman–Crippen LogP) is 2.64. The van der Waals surface area contributed by atoms with Crippen LogP contribution in [-0.4, -0.2) is 29.5 Å². The lowest BCUT2D eigenvalue weighted by molar-refractivity contribution is 0.0764. The summed E-state index contributed by atoms with van der Waals surface area (Å²) in [7, 11) is 0. The first-order valence-corrected chi connectivity index (χ1v) is 6.48. The van der Waals surface area contributed by atoms with Crippen LogP contribution >= 0.6 is 0 Å². The molecule has 0 radical (unpaired) electrons. The molecule has 3 fully saturated rings. The highest BCUT2D eigenvalue weighted by Crippen LogP contribution is 2.39. The van der Waals surface area contributed by atoms with Crippen LogP contribution in [0.1, 0.15) is 24.7 Å². The molecule has 3 nitrogen and oxygen atoms in total. The molecule has 3 heteroatoms. The van der Waals surface area contributed by atoms with Crippen LogP contribution < -0.4 is 0 Å². The molecule has 0 N–H and O–H groups in total. The summed E-state index contributed by atoms with van der Waals surface area (Å²) in [4.78, 5) is 7.20. The molecule has 0 saturated carbocycles. The lowest BCUT2D eigenvalue weighted by Gasteiger charge is -2.43. The van der Waals surface area contributed by atoms with Gasteiger partial charge in [0.1, 0.15) is 5.52 Å². The van der Waals surface area contributed by atoms with Crippen molar-refractivity contribution in [3.8, 4) is 0 Å². The monoisotopic (exact) mass is 228 g/mol. The zero-order valence-corrected chi connectivity index (χ0v) is 9.80. The highest BCUT2D eigenvalue weighted by molar-refractivity contribution is 5.72. The van der Waals surface area contributed by atoms with Crippen molar-refractivity contribution in [2.45, 2.75) is 18.8 Å². The minimum atomic E-state index is 0.518. The van der Waals surface area contributed by atoms with Gasteiger partial charge in [-0.3, -0.25) is 0 Å². The molecule has 1 aromatic carbocycles. The number of nitrogens with zero attached hydrogens (tertiary/aromatic N) is 2. The summed E-state index contributed by atoms with van der Waals surface area (Å²) < 4.78 is 5.92. The molecule has 4 heterocycles. The molecule has 1 unspecified atom stereocenters. The first kappa shape index (κ1) is 9.66. The van der Waals surface area contributed by atoms with Crippen molar-refractivity contribution in [1.82, 2.24) is 9.88 Å². The average Bonchev–Trinajstić information content (AvgIpc) is 2.83. The molecule has 17 heavy (non-hydrogen) atoms. The number of fused-ring (bicyclic) bond motifs is 4. The lowest BCUT2D eigenvalue weighted by Crippen LogP contribution is -2.46. The van der Waals surface area contributed by atoms with E-state index in [9.17, 15) is 0 Å². The van der Waals surface area contributed by atoms with E-state index in [4.69, 9.17) is 4.42 Å². The Morgan fingerprint density at radius 3 is 2.71 bits per heavy atom. The molecular formula is C14H16N2O. The molecule has 1 atom stereocenters. The number of para-hydroxylation sites is 2. The lowest BCUT2D eigenvalue weighted by atomic mass is 9.79. The van der Waals surface area contributed by atoms with Crippen LogP contribution in [0.5, 0.6) is 0 Å². The Kier molecular flexibility index (Phi) is 2.03. The highest BCUT2D eigenvalue weighted by Gasteiger charge is 2.37. The largest absolute Gasteiger partial charge is 0.440 e. The summed E-state index contributed by atoms with van der Waals surface area (Å²) in [5, 5.41) is 0. The Bertz CT molecular complexity index is 507. The quantitative estimate of drug-likeness (QED) is 0.751. The molecule has 3 aliphatic rings. The molecule has 0 aliphatic carbocycles. The summed E-state index contributed by atoms with van der Waals surface area (Å²) in [5.41, 5.74) is 1.93. The molecular weight excluding hydrogens is 212 g/mol. The molecule has 3 aliphatic heterocycles. The first-order chi connectivity index (χ1) is 8.40. The van der Waals surface area contributed by atoms with E-state index in [-0.39, 0.29) is 0 Å². The van der Waals surface area contributed by atoms with Crippen LogP contribution in [-0.2, 0) is 0 Å². The van der Waals surface area contributed by atoms with E-state index in [1.807, 2.05) is 24.3 Å². The molecule has 88 valence electrons. The van der Waals surface area contributed by atoms with Crippen LogP contribution in [0.3, 0.4) is 0 Å². The van der Waals surface area contributed by atoms with Gasteiger partial charge in [0.2, 0.25) is 0 Å². The van der Waals surface area contributed by atoms with Crippen molar-refractivity contribution in [3.63, 3.8) is 0 Å². The third-order valence-electron chi connectivity index (χ3n) is 4.28. The Morgan fingerprint density at radius 1 is 1.18 bits per heavy atom. The minimum absolute atomic E-state index is 0.518. The Labute approximate surface area is 100 Å². The SMILES string of the molecule is c1ccc2oc(C3CN4CCC3CC4)nc2c1.